The third-order valence-corrected chi connectivity index (χ3v) is 5.37. The first-order valence-electron chi connectivity index (χ1n) is 9.45. The average Bonchev–Trinajstić information content (AvgIpc) is 3.08. The predicted molar refractivity (Wildman–Crippen MR) is 109 cm³/mol. The Morgan fingerprint density at radius 2 is 1.82 bits per heavy atom. The van der Waals surface area contributed by atoms with Crippen LogP contribution in [0.15, 0.2) is 66.9 Å². The van der Waals surface area contributed by atoms with Gasteiger partial charge in [-0.2, -0.15) is 5.10 Å². The van der Waals surface area contributed by atoms with Gasteiger partial charge in [0.05, 0.1) is 29.0 Å². The normalized spacial score (nSPS) is 13.5. The van der Waals surface area contributed by atoms with Crippen molar-refractivity contribution < 1.29 is 4.79 Å². The number of nitrogens with zero attached hydrogens (tertiary/aromatic N) is 4. The van der Waals surface area contributed by atoms with Crippen LogP contribution in [0.2, 0.25) is 0 Å². The maximum Gasteiger partial charge on any atom is 0.255 e. The summed E-state index contributed by atoms with van der Waals surface area (Å²) in [6.07, 6.45) is 2.48. The van der Waals surface area contributed by atoms with Crippen molar-refractivity contribution in [2.45, 2.75) is 13.0 Å². The van der Waals surface area contributed by atoms with Gasteiger partial charge in [-0.1, -0.05) is 48.5 Å². The number of amides is 1. The van der Waals surface area contributed by atoms with Crippen molar-refractivity contribution in [3.05, 3.63) is 83.7 Å². The van der Waals surface area contributed by atoms with Crippen LogP contribution in [0.5, 0.6) is 0 Å². The molecule has 5 heteroatoms. The number of carbonyl (C=O) groups excluding carboxylic acids is 1. The van der Waals surface area contributed by atoms with Crippen molar-refractivity contribution in [1.29, 1.82) is 0 Å². The molecule has 0 fully saturated rings. The molecule has 4 aromatic rings. The second-order valence-corrected chi connectivity index (χ2v) is 7.16. The smallest absolute Gasteiger partial charge is 0.255 e. The Kier molecular flexibility index (Phi) is 3.93. The van der Waals surface area contributed by atoms with E-state index in [-0.39, 0.29) is 5.91 Å². The highest BCUT2D eigenvalue weighted by Crippen LogP contribution is 2.30. The molecule has 3 heterocycles. The molecule has 0 N–H and O–H groups in total. The Bertz CT molecular complexity index is 1180. The molecule has 5 nitrogen and oxygen atoms in total. The fourth-order valence-corrected chi connectivity index (χ4v) is 4.02. The van der Waals surface area contributed by atoms with E-state index in [0.29, 0.717) is 18.7 Å². The van der Waals surface area contributed by atoms with Gasteiger partial charge in [0, 0.05) is 36.3 Å². The van der Waals surface area contributed by atoms with Crippen LogP contribution in [0.25, 0.3) is 22.2 Å². The van der Waals surface area contributed by atoms with E-state index < -0.39 is 0 Å². The van der Waals surface area contributed by atoms with Crippen molar-refractivity contribution in [3.8, 4) is 11.3 Å². The highest BCUT2D eigenvalue weighted by Gasteiger charge is 2.27. The van der Waals surface area contributed by atoms with Crippen molar-refractivity contribution in [2.75, 3.05) is 6.54 Å². The molecule has 1 amide bonds. The molecule has 0 aliphatic carbocycles. The molecule has 5 rings (SSSR count). The first kappa shape index (κ1) is 16.7. The van der Waals surface area contributed by atoms with E-state index in [0.717, 1.165) is 34.3 Å². The summed E-state index contributed by atoms with van der Waals surface area (Å²) in [5.41, 5.74) is 6.06. The SMILES string of the molecule is Cn1nc2c(c1-c1ccccc1)CCN(C(=O)c1cnc3ccccc3c1)C2. The van der Waals surface area contributed by atoms with E-state index >= 15 is 0 Å². The number of benzene rings is 2. The summed E-state index contributed by atoms with van der Waals surface area (Å²) in [6.45, 7) is 1.21. The molecule has 2 aromatic carbocycles. The maximum absolute atomic E-state index is 13.1. The maximum atomic E-state index is 13.1. The number of rotatable bonds is 2. The van der Waals surface area contributed by atoms with Gasteiger partial charge in [0.25, 0.3) is 5.91 Å². The zero-order valence-electron chi connectivity index (χ0n) is 15.7. The molecule has 28 heavy (non-hydrogen) atoms. The molecule has 1 aliphatic heterocycles. The van der Waals surface area contributed by atoms with Gasteiger partial charge in [0.15, 0.2) is 0 Å². The summed E-state index contributed by atoms with van der Waals surface area (Å²) in [6, 6.07) is 20.1. The average molecular weight is 368 g/mol. The Balaban J connectivity index is 1.45. The van der Waals surface area contributed by atoms with Gasteiger partial charge < -0.3 is 4.90 Å². The van der Waals surface area contributed by atoms with Gasteiger partial charge in [-0.3, -0.25) is 14.5 Å². The molecular formula is C23H20N4O. The van der Waals surface area contributed by atoms with Gasteiger partial charge in [-0.15, -0.1) is 0 Å². The summed E-state index contributed by atoms with van der Waals surface area (Å²) < 4.78 is 1.94. The summed E-state index contributed by atoms with van der Waals surface area (Å²) in [5, 5.41) is 5.69. The summed E-state index contributed by atoms with van der Waals surface area (Å²) in [7, 11) is 1.97. The molecule has 0 radical (unpaired) electrons. The molecule has 1 aliphatic rings. The fraction of sp³-hybridized carbons (Fsp3) is 0.174. The second kappa shape index (κ2) is 6.60. The molecular weight excluding hydrogens is 348 g/mol. The first-order valence-corrected chi connectivity index (χ1v) is 9.45. The molecule has 0 saturated carbocycles. The third-order valence-electron chi connectivity index (χ3n) is 5.37. The number of aryl methyl sites for hydroxylation is 1. The number of pyridine rings is 1. The molecule has 138 valence electrons. The van der Waals surface area contributed by atoms with E-state index in [1.807, 2.05) is 65.2 Å². The lowest BCUT2D eigenvalue weighted by Gasteiger charge is -2.26. The van der Waals surface area contributed by atoms with Gasteiger partial charge >= 0.3 is 0 Å². The molecule has 0 saturated heterocycles. The van der Waals surface area contributed by atoms with Crippen LogP contribution < -0.4 is 0 Å². The quantitative estimate of drug-likeness (QED) is 0.540. The minimum atomic E-state index is 0.0100. The van der Waals surface area contributed by atoms with Crippen LogP contribution in [-0.2, 0) is 20.0 Å². The van der Waals surface area contributed by atoms with Crippen molar-refractivity contribution in [1.82, 2.24) is 19.7 Å². The summed E-state index contributed by atoms with van der Waals surface area (Å²) in [5.74, 6) is 0.0100. The van der Waals surface area contributed by atoms with Crippen LogP contribution in [0.4, 0.5) is 0 Å². The lowest BCUT2D eigenvalue weighted by molar-refractivity contribution is 0.0732. The first-order chi connectivity index (χ1) is 13.7. The number of para-hydroxylation sites is 1. The van der Waals surface area contributed by atoms with E-state index in [9.17, 15) is 4.79 Å². The second-order valence-electron chi connectivity index (χ2n) is 7.16. The zero-order chi connectivity index (χ0) is 19.1. The number of aromatic nitrogens is 3. The van der Waals surface area contributed by atoms with Crippen molar-refractivity contribution >= 4 is 16.8 Å². The lowest BCUT2D eigenvalue weighted by atomic mass is 9.99. The molecule has 0 spiro atoms. The van der Waals surface area contributed by atoms with Crippen LogP contribution >= 0.6 is 0 Å². The van der Waals surface area contributed by atoms with Gasteiger partial charge in [-0.05, 0) is 18.6 Å². The number of hydrogen-bond acceptors (Lipinski definition) is 3. The van der Waals surface area contributed by atoms with Crippen molar-refractivity contribution in [3.63, 3.8) is 0 Å². The van der Waals surface area contributed by atoms with Gasteiger partial charge in [-0.25, -0.2) is 0 Å². The van der Waals surface area contributed by atoms with E-state index in [1.165, 1.54) is 5.56 Å². The monoisotopic (exact) mass is 368 g/mol. The van der Waals surface area contributed by atoms with Gasteiger partial charge in [0.1, 0.15) is 0 Å². The Hall–Kier alpha value is -3.47. The molecule has 0 atom stereocenters. The highest BCUT2D eigenvalue weighted by molar-refractivity contribution is 5.97. The van der Waals surface area contributed by atoms with E-state index in [1.54, 1.807) is 6.20 Å². The highest BCUT2D eigenvalue weighted by atomic mass is 16.2. The lowest BCUT2D eigenvalue weighted by Crippen LogP contribution is -2.36. The topological polar surface area (TPSA) is 51.0 Å². The number of fused-ring (bicyclic) bond motifs is 2. The van der Waals surface area contributed by atoms with E-state index in [2.05, 4.69) is 17.1 Å². The van der Waals surface area contributed by atoms with Crippen LogP contribution in [0.3, 0.4) is 0 Å². The Labute approximate surface area is 163 Å². The zero-order valence-corrected chi connectivity index (χ0v) is 15.7. The van der Waals surface area contributed by atoms with Crippen molar-refractivity contribution in [2.24, 2.45) is 7.05 Å². The predicted octanol–water partition coefficient (Wildman–Crippen LogP) is 3.83. The minimum Gasteiger partial charge on any atom is -0.332 e. The van der Waals surface area contributed by atoms with Gasteiger partial charge in [0.2, 0.25) is 0 Å². The van der Waals surface area contributed by atoms with E-state index in [4.69, 9.17) is 5.10 Å². The molecule has 2 aromatic heterocycles. The molecule has 0 unspecified atom stereocenters. The van der Waals surface area contributed by atoms with Crippen LogP contribution in [-0.4, -0.2) is 32.1 Å². The van der Waals surface area contributed by atoms with Crippen LogP contribution in [0, 0.1) is 0 Å². The Morgan fingerprint density at radius 1 is 1.04 bits per heavy atom. The third kappa shape index (κ3) is 2.76. The largest absolute Gasteiger partial charge is 0.332 e. The minimum absolute atomic E-state index is 0.0100. The number of hydrogen-bond donors (Lipinski definition) is 0. The van der Waals surface area contributed by atoms with Crippen LogP contribution in [0.1, 0.15) is 21.6 Å². The fourth-order valence-electron chi connectivity index (χ4n) is 4.02. The summed E-state index contributed by atoms with van der Waals surface area (Å²) in [4.78, 5) is 19.4. The molecule has 0 bridgehead atoms. The summed E-state index contributed by atoms with van der Waals surface area (Å²) >= 11 is 0. The Morgan fingerprint density at radius 3 is 2.68 bits per heavy atom. The number of carbonyl (C=O) groups is 1. The standard InChI is InChI=1S/C23H20N4O/c1-26-22(16-7-3-2-4-8-16)19-11-12-27(15-21(19)25-26)23(28)18-13-17-9-5-6-10-20(17)24-14-18/h2-10,13-14H,11-12,15H2,1H3.